The Morgan fingerprint density at radius 1 is 1.04 bits per heavy atom. The molecule has 0 unspecified atom stereocenters. The van der Waals surface area contributed by atoms with Crippen LogP contribution in [0, 0.1) is 0 Å². The zero-order valence-corrected chi connectivity index (χ0v) is 17.0. The first-order chi connectivity index (χ1) is 12.6. The minimum absolute atomic E-state index is 0.263. The predicted octanol–water partition coefficient (Wildman–Crippen LogP) is 4.56. The van der Waals surface area contributed by atoms with Crippen molar-refractivity contribution in [2.75, 3.05) is 31.1 Å². The van der Waals surface area contributed by atoms with Gasteiger partial charge in [-0.3, -0.25) is 4.79 Å². The number of carbonyl (C=O) groups is 1. The summed E-state index contributed by atoms with van der Waals surface area (Å²) in [5.41, 5.74) is 1.32. The zero-order valence-electron chi connectivity index (χ0n) is 14.7. The molecule has 0 spiro atoms. The van der Waals surface area contributed by atoms with E-state index in [1.165, 1.54) is 5.56 Å². The zero-order chi connectivity index (χ0) is 18.4. The molecule has 1 aliphatic heterocycles. The molecule has 138 valence electrons. The van der Waals surface area contributed by atoms with Crippen LogP contribution in [-0.2, 0) is 11.2 Å². The highest BCUT2D eigenvalue weighted by Crippen LogP contribution is 2.17. The lowest BCUT2D eigenvalue weighted by Gasteiger charge is -2.35. The van der Waals surface area contributed by atoms with Gasteiger partial charge < -0.3 is 9.80 Å². The Balaban J connectivity index is 1.37. The van der Waals surface area contributed by atoms with Crippen LogP contribution < -0.4 is 4.90 Å². The van der Waals surface area contributed by atoms with Crippen molar-refractivity contribution in [2.24, 2.45) is 0 Å². The molecule has 2 aromatic rings. The lowest BCUT2D eigenvalue weighted by molar-refractivity contribution is -0.131. The van der Waals surface area contributed by atoms with E-state index < -0.39 is 0 Å². The van der Waals surface area contributed by atoms with E-state index in [9.17, 15) is 4.79 Å². The molecule has 0 bridgehead atoms. The molecule has 3 rings (SSSR count). The van der Waals surface area contributed by atoms with Crippen LogP contribution in [-0.4, -0.2) is 42.0 Å². The second-order valence-corrected chi connectivity index (χ2v) is 7.82. The molecular formula is C20H23BrClN3O. The summed E-state index contributed by atoms with van der Waals surface area (Å²) in [6.07, 6.45) is 3.63. The molecule has 1 amide bonds. The third kappa shape index (κ3) is 5.45. The molecule has 26 heavy (non-hydrogen) atoms. The Labute approximate surface area is 168 Å². The van der Waals surface area contributed by atoms with Crippen molar-refractivity contribution < 1.29 is 4.79 Å². The molecule has 0 atom stereocenters. The Kier molecular flexibility index (Phi) is 6.92. The Bertz CT molecular complexity index is 730. The number of hydrogen-bond acceptors (Lipinski definition) is 3. The maximum Gasteiger partial charge on any atom is 0.222 e. The topological polar surface area (TPSA) is 36.4 Å². The van der Waals surface area contributed by atoms with Crippen molar-refractivity contribution in [3.63, 3.8) is 0 Å². The normalized spacial score (nSPS) is 14.5. The number of aromatic nitrogens is 1. The molecule has 0 aliphatic carbocycles. The summed E-state index contributed by atoms with van der Waals surface area (Å²) in [5.74, 6) is 1.15. The molecule has 1 aliphatic rings. The van der Waals surface area contributed by atoms with Crippen molar-refractivity contribution in [2.45, 2.75) is 25.7 Å². The highest BCUT2D eigenvalue weighted by molar-refractivity contribution is 9.10. The van der Waals surface area contributed by atoms with Crippen molar-refractivity contribution in [3.8, 4) is 0 Å². The molecule has 1 fully saturated rings. The molecule has 6 heteroatoms. The number of pyridine rings is 1. The Hall–Kier alpha value is -1.59. The first-order valence-electron chi connectivity index (χ1n) is 9.01. The smallest absolute Gasteiger partial charge is 0.222 e. The summed E-state index contributed by atoms with van der Waals surface area (Å²) in [4.78, 5) is 20.9. The van der Waals surface area contributed by atoms with Gasteiger partial charge >= 0.3 is 0 Å². The largest absolute Gasteiger partial charge is 0.353 e. The van der Waals surface area contributed by atoms with Gasteiger partial charge in [0.15, 0.2) is 0 Å². The number of aryl methyl sites for hydroxylation is 1. The maximum atomic E-state index is 12.4. The van der Waals surface area contributed by atoms with Gasteiger partial charge in [-0.1, -0.05) is 45.7 Å². The molecule has 1 saturated heterocycles. The van der Waals surface area contributed by atoms with E-state index in [0.29, 0.717) is 11.6 Å². The summed E-state index contributed by atoms with van der Waals surface area (Å²) in [5, 5.41) is 0.506. The van der Waals surface area contributed by atoms with Gasteiger partial charge in [0, 0.05) is 37.1 Å². The fraction of sp³-hybridized carbons (Fsp3) is 0.400. The fourth-order valence-electron chi connectivity index (χ4n) is 3.17. The molecule has 1 aromatic heterocycles. The summed E-state index contributed by atoms with van der Waals surface area (Å²) in [6.45, 7) is 3.11. The highest BCUT2D eigenvalue weighted by Gasteiger charge is 2.21. The second kappa shape index (κ2) is 9.38. The summed E-state index contributed by atoms with van der Waals surface area (Å²) in [7, 11) is 0. The molecule has 1 aromatic carbocycles. The summed E-state index contributed by atoms with van der Waals surface area (Å²) >= 11 is 9.41. The predicted molar refractivity (Wildman–Crippen MR) is 110 cm³/mol. The second-order valence-electron chi connectivity index (χ2n) is 6.52. The third-order valence-electron chi connectivity index (χ3n) is 4.68. The van der Waals surface area contributed by atoms with Gasteiger partial charge in [-0.2, -0.15) is 0 Å². The van der Waals surface area contributed by atoms with Crippen LogP contribution in [0.3, 0.4) is 0 Å². The molecular weight excluding hydrogens is 414 g/mol. The number of benzene rings is 1. The van der Waals surface area contributed by atoms with E-state index in [2.05, 4.69) is 50.1 Å². The van der Waals surface area contributed by atoms with Crippen molar-refractivity contribution in [1.82, 2.24) is 9.88 Å². The number of rotatable bonds is 6. The standard InChI is InChI=1S/C20H23BrClN3O/c21-17-10-8-16(9-11-17)4-1-2-7-20(26)25-14-12-24(13-15-25)19-6-3-5-18(22)23-19/h3,5-6,8-11H,1-2,4,7,12-15H2. The van der Waals surface area contributed by atoms with Crippen molar-refractivity contribution in [1.29, 1.82) is 0 Å². The van der Waals surface area contributed by atoms with E-state index >= 15 is 0 Å². The number of anilines is 1. The van der Waals surface area contributed by atoms with Crippen LogP contribution in [0.1, 0.15) is 24.8 Å². The van der Waals surface area contributed by atoms with E-state index in [1.807, 2.05) is 17.0 Å². The molecule has 0 radical (unpaired) electrons. The minimum atomic E-state index is 0.263. The van der Waals surface area contributed by atoms with Crippen LogP contribution in [0.25, 0.3) is 0 Å². The molecule has 4 nitrogen and oxygen atoms in total. The Morgan fingerprint density at radius 2 is 1.77 bits per heavy atom. The van der Waals surface area contributed by atoms with Gasteiger partial charge in [0.1, 0.15) is 11.0 Å². The van der Waals surface area contributed by atoms with Crippen LogP contribution in [0.4, 0.5) is 5.82 Å². The van der Waals surface area contributed by atoms with Crippen molar-refractivity contribution >= 4 is 39.3 Å². The van der Waals surface area contributed by atoms with E-state index in [-0.39, 0.29) is 5.91 Å². The van der Waals surface area contributed by atoms with Gasteiger partial charge in [-0.05, 0) is 49.1 Å². The first kappa shape index (κ1) is 19.2. The SMILES string of the molecule is O=C(CCCCc1ccc(Br)cc1)N1CCN(c2cccc(Cl)n2)CC1. The van der Waals surface area contributed by atoms with Gasteiger partial charge in [-0.15, -0.1) is 0 Å². The van der Waals surface area contributed by atoms with Crippen LogP contribution in [0.2, 0.25) is 5.15 Å². The van der Waals surface area contributed by atoms with Crippen LogP contribution in [0.15, 0.2) is 46.9 Å². The van der Waals surface area contributed by atoms with Gasteiger partial charge in [0.05, 0.1) is 0 Å². The molecule has 2 heterocycles. The van der Waals surface area contributed by atoms with E-state index in [4.69, 9.17) is 11.6 Å². The number of amides is 1. The number of piperazine rings is 1. The van der Waals surface area contributed by atoms with E-state index in [1.54, 1.807) is 6.07 Å². The average Bonchev–Trinajstić information content (AvgIpc) is 2.66. The molecule has 0 N–H and O–H groups in total. The van der Waals surface area contributed by atoms with Crippen LogP contribution >= 0.6 is 27.5 Å². The lowest BCUT2D eigenvalue weighted by atomic mass is 10.1. The summed E-state index contributed by atoms with van der Waals surface area (Å²) < 4.78 is 1.10. The van der Waals surface area contributed by atoms with Crippen molar-refractivity contribution in [3.05, 3.63) is 57.7 Å². The Morgan fingerprint density at radius 3 is 2.46 bits per heavy atom. The third-order valence-corrected chi connectivity index (χ3v) is 5.42. The average molecular weight is 437 g/mol. The lowest BCUT2D eigenvalue weighted by Crippen LogP contribution is -2.49. The fourth-order valence-corrected chi connectivity index (χ4v) is 3.60. The maximum absolute atomic E-state index is 12.4. The first-order valence-corrected chi connectivity index (χ1v) is 10.2. The highest BCUT2D eigenvalue weighted by atomic mass is 79.9. The number of carbonyl (C=O) groups excluding carboxylic acids is 1. The van der Waals surface area contributed by atoms with Gasteiger partial charge in [0.2, 0.25) is 5.91 Å². The van der Waals surface area contributed by atoms with E-state index in [0.717, 1.165) is 55.7 Å². The monoisotopic (exact) mass is 435 g/mol. The number of unbranched alkanes of at least 4 members (excludes halogenated alkanes) is 1. The quantitative estimate of drug-likeness (QED) is 0.492. The van der Waals surface area contributed by atoms with Gasteiger partial charge in [-0.25, -0.2) is 4.98 Å². The summed E-state index contributed by atoms with van der Waals surface area (Å²) in [6, 6.07) is 14.0. The van der Waals surface area contributed by atoms with Gasteiger partial charge in [0.25, 0.3) is 0 Å². The number of hydrogen-bond donors (Lipinski definition) is 0. The number of nitrogens with zero attached hydrogens (tertiary/aromatic N) is 3. The molecule has 0 saturated carbocycles. The minimum Gasteiger partial charge on any atom is -0.353 e. The van der Waals surface area contributed by atoms with Crippen LogP contribution in [0.5, 0.6) is 0 Å². The number of halogens is 2.